The van der Waals surface area contributed by atoms with Crippen molar-refractivity contribution >= 4 is 39.5 Å². The lowest BCUT2D eigenvalue weighted by Gasteiger charge is -2.18. The predicted molar refractivity (Wildman–Crippen MR) is 160 cm³/mol. The quantitative estimate of drug-likeness (QED) is 0.152. The van der Waals surface area contributed by atoms with Crippen LogP contribution in [0.1, 0.15) is 41.9 Å². The van der Waals surface area contributed by atoms with Crippen molar-refractivity contribution in [3.05, 3.63) is 95.8 Å². The molecule has 0 spiro atoms. The number of para-hydroxylation sites is 1. The maximum absolute atomic E-state index is 13.3. The van der Waals surface area contributed by atoms with Gasteiger partial charge in [0.25, 0.3) is 0 Å². The van der Waals surface area contributed by atoms with Crippen molar-refractivity contribution in [3.63, 3.8) is 0 Å². The van der Waals surface area contributed by atoms with Gasteiger partial charge >= 0.3 is 5.97 Å². The first-order valence-electron chi connectivity index (χ1n) is 13.7. The van der Waals surface area contributed by atoms with Crippen molar-refractivity contribution in [1.82, 2.24) is 15.3 Å². The number of hydrogen-bond acceptors (Lipinski definition) is 5. The zero-order valence-electron chi connectivity index (χ0n) is 23.5. The SMILES string of the molecule is COc1ccc(C(CC(=O)CCC(=O)N[C@@H](Cc2c[nH]c3ccccc23)C(=O)O)c2c[nH]c3ccc(OC)cc23)cc1. The van der Waals surface area contributed by atoms with Crippen LogP contribution in [0.25, 0.3) is 21.8 Å². The van der Waals surface area contributed by atoms with Crippen LogP contribution in [0.2, 0.25) is 0 Å². The highest BCUT2D eigenvalue weighted by Crippen LogP contribution is 2.36. The van der Waals surface area contributed by atoms with Crippen molar-refractivity contribution in [2.24, 2.45) is 0 Å². The Morgan fingerprint density at radius 3 is 2.26 bits per heavy atom. The van der Waals surface area contributed by atoms with E-state index in [1.807, 2.05) is 72.9 Å². The molecular weight excluding hydrogens is 534 g/mol. The van der Waals surface area contributed by atoms with E-state index in [-0.39, 0.29) is 37.4 Å². The molecule has 2 aromatic heterocycles. The van der Waals surface area contributed by atoms with Gasteiger partial charge in [-0.05, 0) is 53.1 Å². The number of ether oxygens (including phenoxy) is 2. The molecule has 5 rings (SSSR count). The summed E-state index contributed by atoms with van der Waals surface area (Å²) < 4.78 is 10.7. The van der Waals surface area contributed by atoms with Gasteiger partial charge in [0.2, 0.25) is 5.91 Å². The Kier molecular flexibility index (Phi) is 8.57. The number of amides is 1. The van der Waals surface area contributed by atoms with E-state index in [1.165, 1.54) is 0 Å². The standard InChI is InChI=1S/C33H33N3O6/c1-41-23-10-7-20(8-11-23)26(28-19-35-30-13-12-24(42-2)17-27(28)30)16-22(37)9-14-32(38)36-31(33(39)40)15-21-18-34-29-6-4-3-5-25(21)29/h3-8,10-13,17-19,26,31,34-35H,9,14-16H2,1-2H3,(H,36,38)(H,39,40)/t26?,31-/m0/s1. The molecule has 0 aliphatic carbocycles. The van der Waals surface area contributed by atoms with Gasteiger partial charge in [-0.25, -0.2) is 4.79 Å². The monoisotopic (exact) mass is 567 g/mol. The van der Waals surface area contributed by atoms with E-state index in [0.29, 0.717) is 11.5 Å². The van der Waals surface area contributed by atoms with E-state index >= 15 is 0 Å². The highest BCUT2D eigenvalue weighted by atomic mass is 16.5. The van der Waals surface area contributed by atoms with Crippen LogP contribution in [0.15, 0.2) is 79.1 Å². The molecule has 0 fully saturated rings. The number of fused-ring (bicyclic) bond motifs is 2. The topological polar surface area (TPSA) is 134 Å². The van der Waals surface area contributed by atoms with Crippen molar-refractivity contribution in [3.8, 4) is 11.5 Å². The molecule has 216 valence electrons. The molecule has 0 bridgehead atoms. The molecule has 0 aliphatic rings. The number of hydrogen-bond donors (Lipinski definition) is 4. The number of aliphatic carboxylic acids is 1. The molecule has 9 nitrogen and oxygen atoms in total. The van der Waals surface area contributed by atoms with Crippen LogP contribution in [0.3, 0.4) is 0 Å². The molecule has 2 heterocycles. The molecule has 42 heavy (non-hydrogen) atoms. The highest BCUT2D eigenvalue weighted by molar-refractivity contribution is 5.90. The number of nitrogens with one attached hydrogen (secondary N) is 3. The largest absolute Gasteiger partial charge is 0.497 e. The zero-order chi connectivity index (χ0) is 29.6. The Labute approximate surface area is 242 Å². The third kappa shape index (κ3) is 6.30. The van der Waals surface area contributed by atoms with E-state index in [9.17, 15) is 19.5 Å². The lowest BCUT2D eigenvalue weighted by atomic mass is 9.86. The van der Waals surface area contributed by atoms with Gasteiger partial charge in [-0.2, -0.15) is 0 Å². The predicted octanol–water partition coefficient (Wildman–Crippen LogP) is 5.35. The number of carbonyl (C=O) groups excluding carboxylic acids is 2. The van der Waals surface area contributed by atoms with Crippen molar-refractivity contribution in [2.75, 3.05) is 14.2 Å². The number of H-pyrrole nitrogens is 2. The van der Waals surface area contributed by atoms with Gasteiger partial charge in [0.1, 0.15) is 23.3 Å². The molecule has 5 aromatic rings. The van der Waals surface area contributed by atoms with Crippen molar-refractivity contribution in [2.45, 2.75) is 37.6 Å². The highest BCUT2D eigenvalue weighted by Gasteiger charge is 2.25. The van der Waals surface area contributed by atoms with E-state index in [1.54, 1.807) is 20.4 Å². The molecule has 2 atom stereocenters. The van der Waals surface area contributed by atoms with Gasteiger partial charge in [0.15, 0.2) is 0 Å². The van der Waals surface area contributed by atoms with Crippen LogP contribution in [0.5, 0.6) is 11.5 Å². The molecule has 1 amide bonds. The Bertz CT molecular complexity index is 1720. The Hall–Kier alpha value is -5.05. The number of methoxy groups -OCH3 is 2. The van der Waals surface area contributed by atoms with E-state index in [2.05, 4.69) is 15.3 Å². The number of benzene rings is 3. The van der Waals surface area contributed by atoms with Crippen LogP contribution in [0.4, 0.5) is 0 Å². The summed E-state index contributed by atoms with van der Waals surface area (Å²) >= 11 is 0. The number of carbonyl (C=O) groups is 3. The second kappa shape index (κ2) is 12.6. The van der Waals surface area contributed by atoms with Crippen LogP contribution in [0, 0.1) is 0 Å². The van der Waals surface area contributed by atoms with Crippen LogP contribution in [-0.4, -0.2) is 53.0 Å². The normalized spacial score (nSPS) is 12.6. The van der Waals surface area contributed by atoms with Crippen LogP contribution < -0.4 is 14.8 Å². The summed E-state index contributed by atoms with van der Waals surface area (Å²) in [6.07, 6.45) is 3.85. The average molecular weight is 568 g/mol. The number of aromatic nitrogens is 2. The minimum atomic E-state index is -1.13. The van der Waals surface area contributed by atoms with Gasteiger partial charge in [-0.1, -0.05) is 30.3 Å². The maximum Gasteiger partial charge on any atom is 0.326 e. The van der Waals surface area contributed by atoms with E-state index < -0.39 is 17.9 Å². The molecule has 0 aliphatic heterocycles. The number of rotatable bonds is 13. The first-order chi connectivity index (χ1) is 20.4. The van der Waals surface area contributed by atoms with Crippen LogP contribution >= 0.6 is 0 Å². The van der Waals surface area contributed by atoms with Gasteiger partial charge < -0.3 is 29.9 Å². The Morgan fingerprint density at radius 2 is 1.52 bits per heavy atom. The minimum Gasteiger partial charge on any atom is -0.497 e. The second-order valence-corrected chi connectivity index (χ2v) is 10.2. The molecule has 0 saturated carbocycles. The summed E-state index contributed by atoms with van der Waals surface area (Å²) in [5.74, 6) is -0.572. The summed E-state index contributed by atoms with van der Waals surface area (Å²) in [7, 11) is 3.21. The molecule has 0 radical (unpaired) electrons. The van der Waals surface area contributed by atoms with Gasteiger partial charge in [0.05, 0.1) is 14.2 Å². The maximum atomic E-state index is 13.3. The number of Topliss-reactive ketones (excluding diaryl/α,β-unsaturated/α-hetero) is 1. The van der Waals surface area contributed by atoms with Crippen molar-refractivity contribution in [1.29, 1.82) is 0 Å². The number of ketones is 1. The van der Waals surface area contributed by atoms with Gasteiger partial charge in [-0.15, -0.1) is 0 Å². The van der Waals surface area contributed by atoms with E-state index in [0.717, 1.165) is 38.5 Å². The fraction of sp³-hybridized carbons (Fsp3) is 0.242. The summed E-state index contributed by atoms with van der Waals surface area (Å²) in [6.45, 7) is 0. The molecule has 0 saturated heterocycles. The molecule has 3 aromatic carbocycles. The molecule has 1 unspecified atom stereocenters. The third-order valence-electron chi connectivity index (χ3n) is 7.61. The third-order valence-corrected chi connectivity index (χ3v) is 7.61. The summed E-state index contributed by atoms with van der Waals surface area (Å²) in [5, 5.41) is 14.2. The lowest BCUT2D eigenvalue weighted by Crippen LogP contribution is -2.42. The zero-order valence-corrected chi connectivity index (χ0v) is 23.5. The number of carboxylic acid groups (broad SMARTS) is 1. The smallest absolute Gasteiger partial charge is 0.326 e. The average Bonchev–Trinajstić information content (AvgIpc) is 3.62. The fourth-order valence-electron chi connectivity index (χ4n) is 5.35. The first kappa shape index (κ1) is 28.5. The minimum absolute atomic E-state index is 0.0103. The van der Waals surface area contributed by atoms with Gasteiger partial charge in [0, 0.05) is 65.8 Å². The number of aromatic amines is 2. The Balaban J connectivity index is 1.28. The molecule has 9 heteroatoms. The summed E-state index contributed by atoms with van der Waals surface area (Å²) in [6, 6.07) is 19.8. The first-order valence-corrected chi connectivity index (χ1v) is 13.7. The molecular formula is C33H33N3O6. The second-order valence-electron chi connectivity index (χ2n) is 10.2. The molecule has 4 N–H and O–H groups in total. The van der Waals surface area contributed by atoms with E-state index in [4.69, 9.17) is 9.47 Å². The lowest BCUT2D eigenvalue weighted by molar-refractivity contribution is -0.141. The van der Waals surface area contributed by atoms with Crippen molar-refractivity contribution < 1.29 is 29.0 Å². The summed E-state index contributed by atoms with van der Waals surface area (Å²) in [5.41, 5.74) is 4.49. The fourth-order valence-corrected chi connectivity index (χ4v) is 5.35. The Morgan fingerprint density at radius 1 is 0.833 bits per heavy atom. The van der Waals surface area contributed by atoms with Crippen LogP contribution in [-0.2, 0) is 20.8 Å². The summed E-state index contributed by atoms with van der Waals surface area (Å²) in [4.78, 5) is 44.4. The van der Waals surface area contributed by atoms with Gasteiger partial charge in [-0.3, -0.25) is 9.59 Å². The number of carboxylic acids is 1.